The van der Waals surface area contributed by atoms with Crippen LogP contribution in [0.4, 0.5) is 0 Å². The van der Waals surface area contributed by atoms with Crippen molar-refractivity contribution in [2.75, 3.05) is 0 Å². The van der Waals surface area contributed by atoms with Crippen LogP contribution in [-0.4, -0.2) is 11.1 Å². The maximum absolute atomic E-state index is 10.8. The standard InChI is InChI=1S/C17H17IO3/c1-11(2)9-12-3-8-16(15(18)10-12)21-14-6-4-13(5-7-14)17(19)20/h3-8,10-11H,9H2,1-2H3,(H,19,20). The number of carboxylic acids is 1. The van der Waals surface area contributed by atoms with Crippen LogP contribution >= 0.6 is 22.6 Å². The normalized spacial score (nSPS) is 10.7. The highest BCUT2D eigenvalue weighted by Crippen LogP contribution is 2.28. The van der Waals surface area contributed by atoms with E-state index in [1.807, 2.05) is 6.07 Å². The Bertz CT molecular complexity index is 633. The summed E-state index contributed by atoms with van der Waals surface area (Å²) in [5.74, 6) is 1.10. The Balaban J connectivity index is 2.14. The molecule has 0 radical (unpaired) electrons. The van der Waals surface area contributed by atoms with Gasteiger partial charge in [-0.15, -0.1) is 0 Å². The number of halogens is 1. The summed E-state index contributed by atoms with van der Waals surface area (Å²) in [6.45, 7) is 4.39. The van der Waals surface area contributed by atoms with Crippen molar-refractivity contribution < 1.29 is 14.6 Å². The summed E-state index contributed by atoms with van der Waals surface area (Å²) in [4.78, 5) is 10.8. The molecule has 0 aliphatic heterocycles. The Morgan fingerprint density at radius 3 is 2.38 bits per heavy atom. The van der Waals surface area contributed by atoms with Crippen molar-refractivity contribution in [3.8, 4) is 11.5 Å². The molecule has 0 fully saturated rings. The van der Waals surface area contributed by atoms with Crippen LogP contribution in [-0.2, 0) is 6.42 Å². The van der Waals surface area contributed by atoms with Crippen LogP contribution in [0.5, 0.6) is 11.5 Å². The van der Waals surface area contributed by atoms with E-state index in [4.69, 9.17) is 9.84 Å². The predicted octanol–water partition coefficient (Wildman–Crippen LogP) is 4.98. The second-order valence-electron chi connectivity index (χ2n) is 5.29. The van der Waals surface area contributed by atoms with Gasteiger partial charge in [0, 0.05) is 0 Å². The average Bonchev–Trinajstić information content (AvgIpc) is 2.42. The second kappa shape index (κ2) is 6.93. The summed E-state index contributed by atoms with van der Waals surface area (Å²) in [6, 6.07) is 12.6. The highest BCUT2D eigenvalue weighted by molar-refractivity contribution is 14.1. The molecule has 4 heteroatoms. The van der Waals surface area contributed by atoms with Gasteiger partial charge in [0.05, 0.1) is 9.13 Å². The quantitative estimate of drug-likeness (QED) is 0.726. The number of ether oxygens (including phenoxy) is 1. The lowest BCUT2D eigenvalue weighted by Crippen LogP contribution is -1.97. The third-order valence-corrected chi connectivity index (χ3v) is 3.81. The summed E-state index contributed by atoms with van der Waals surface area (Å²) in [6.07, 6.45) is 1.05. The molecule has 0 amide bonds. The smallest absolute Gasteiger partial charge is 0.335 e. The fourth-order valence-corrected chi connectivity index (χ4v) is 2.71. The molecule has 0 unspecified atom stereocenters. The third-order valence-electron chi connectivity index (χ3n) is 2.97. The van der Waals surface area contributed by atoms with Gasteiger partial charge < -0.3 is 9.84 Å². The number of benzene rings is 2. The molecule has 0 aliphatic rings. The van der Waals surface area contributed by atoms with Crippen LogP contribution in [0.3, 0.4) is 0 Å². The summed E-state index contributed by atoms with van der Waals surface area (Å²) >= 11 is 2.26. The molecule has 21 heavy (non-hydrogen) atoms. The topological polar surface area (TPSA) is 46.5 Å². The molecule has 1 N–H and O–H groups in total. The van der Waals surface area contributed by atoms with Gasteiger partial charge in [-0.1, -0.05) is 19.9 Å². The SMILES string of the molecule is CC(C)Cc1ccc(Oc2ccc(C(=O)O)cc2)c(I)c1. The van der Waals surface area contributed by atoms with Gasteiger partial charge in [0.2, 0.25) is 0 Å². The van der Waals surface area contributed by atoms with Crippen molar-refractivity contribution in [1.82, 2.24) is 0 Å². The van der Waals surface area contributed by atoms with Crippen LogP contribution in [0.2, 0.25) is 0 Å². The van der Waals surface area contributed by atoms with Crippen LogP contribution in [0, 0.1) is 9.49 Å². The fourth-order valence-electron chi connectivity index (χ4n) is 2.02. The number of carboxylic acid groups (broad SMARTS) is 1. The minimum absolute atomic E-state index is 0.254. The zero-order valence-electron chi connectivity index (χ0n) is 12.0. The largest absolute Gasteiger partial charge is 0.478 e. The molecule has 0 saturated heterocycles. The van der Waals surface area contributed by atoms with E-state index in [0.717, 1.165) is 15.7 Å². The van der Waals surface area contributed by atoms with Gasteiger partial charge in [-0.25, -0.2) is 4.79 Å². The summed E-state index contributed by atoms with van der Waals surface area (Å²) in [5.41, 5.74) is 1.55. The number of aromatic carboxylic acids is 1. The van der Waals surface area contributed by atoms with Gasteiger partial charge in [-0.3, -0.25) is 0 Å². The molecule has 0 spiro atoms. The minimum atomic E-state index is -0.936. The zero-order chi connectivity index (χ0) is 15.4. The molecule has 2 aromatic carbocycles. The Morgan fingerprint density at radius 1 is 1.19 bits per heavy atom. The monoisotopic (exact) mass is 396 g/mol. The number of rotatable bonds is 5. The van der Waals surface area contributed by atoms with E-state index in [-0.39, 0.29) is 5.56 Å². The molecule has 2 rings (SSSR count). The van der Waals surface area contributed by atoms with Crippen molar-refractivity contribution >= 4 is 28.6 Å². The highest BCUT2D eigenvalue weighted by atomic mass is 127. The first kappa shape index (κ1) is 15.8. The lowest BCUT2D eigenvalue weighted by Gasteiger charge is -2.11. The predicted molar refractivity (Wildman–Crippen MR) is 91.2 cm³/mol. The minimum Gasteiger partial charge on any atom is -0.478 e. The van der Waals surface area contributed by atoms with Crippen LogP contribution in [0.15, 0.2) is 42.5 Å². The van der Waals surface area contributed by atoms with E-state index >= 15 is 0 Å². The van der Waals surface area contributed by atoms with Crippen LogP contribution in [0.1, 0.15) is 29.8 Å². The fraction of sp³-hybridized carbons (Fsp3) is 0.235. The van der Waals surface area contributed by atoms with Crippen molar-refractivity contribution in [2.45, 2.75) is 20.3 Å². The maximum Gasteiger partial charge on any atom is 0.335 e. The molecular weight excluding hydrogens is 379 g/mol. The number of carbonyl (C=O) groups is 1. The third kappa shape index (κ3) is 4.46. The Morgan fingerprint density at radius 2 is 1.86 bits per heavy atom. The van der Waals surface area contributed by atoms with E-state index in [2.05, 4.69) is 48.6 Å². The summed E-state index contributed by atoms with van der Waals surface area (Å²) < 4.78 is 6.85. The van der Waals surface area contributed by atoms with Gasteiger partial charge in [-0.05, 0) is 76.9 Å². The summed E-state index contributed by atoms with van der Waals surface area (Å²) in [7, 11) is 0. The van der Waals surface area contributed by atoms with Crippen LogP contribution < -0.4 is 4.74 Å². The van der Waals surface area contributed by atoms with Crippen molar-refractivity contribution in [3.05, 3.63) is 57.2 Å². The summed E-state index contributed by atoms with van der Waals surface area (Å²) in [5, 5.41) is 8.87. The lowest BCUT2D eigenvalue weighted by atomic mass is 10.0. The van der Waals surface area contributed by atoms with Crippen molar-refractivity contribution in [3.63, 3.8) is 0 Å². The van der Waals surface area contributed by atoms with E-state index in [0.29, 0.717) is 11.7 Å². The van der Waals surface area contributed by atoms with Gasteiger partial charge >= 0.3 is 5.97 Å². The van der Waals surface area contributed by atoms with E-state index in [1.165, 1.54) is 17.7 Å². The number of hydrogen-bond acceptors (Lipinski definition) is 2. The highest BCUT2D eigenvalue weighted by Gasteiger charge is 2.07. The zero-order valence-corrected chi connectivity index (χ0v) is 14.1. The molecule has 2 aromatic rings. The molecule has 0 bridgehead atoms. The van der Waals surface area contributed by atoms with Crippen molar-refractivity contribution in [2.24, 2.45) is 5.92 Å². The Labute approximate surface area is 138 Å². The lowest BCUT2D eigenvalue weighted by molar-refractivity contribution is 0.0697. The van der Waals surface area contributed by atoms with E-state index in [9.17, 15) is 4.79 Å². The molecule has 0 aromatic heterocycles. The van der Waals surface area contributed by atoms with Gasteiger partial charge in [0.1, 0.15) is 11.5 Å². The van der Waals surface area contributed by atoms with Gasteiger partial charge in [0.25, 0.3) is 0 Å². The molecule has 110 valence electrons. The van der Waals surface area contributed by atoms with E-state index < -0.39 is 5.97 Å². The Hall–Kier alpha value is -1.56. The molecular formula is C17H17IO3. The Kier molecular flexibility index (Phi) is 5.22. The van der Waals surface area contributed by atoms with Gasteiger partial charge in [0.15, 0.2) is 0 Å². The maximum atomic E-state index is 10.8. The van der Waals surface area contributed by atoms with Crippen molar-refractivity contribution in [1.29, 1.82) is 0 Å². The second-order valence-corrected chi connectivity index (χ2v) is 6.46. The first-order valence-corrected chi connectivity index (χ1v) is 7.83. The van der Waals surface area contributed by atoms with Gasteiger partial charge in [-0.2, -0.15) is 0 Å². The van der Waals surface area contributed by atoms with Crippen LogP contribution in [0.25, 0.3) is 0 Å². The molecule has 0 aliphatic carbocycles. The average molecular weight is 396 g/mol. The first-order chi connectivity index (χ1) is 9.95. The molecule has 0 heterocycles. The molecule has 0 atom stereocenters. The molecule has 3 nitrogen and oxygen atoms in total. The first-order valence-electron chi connectivity index (χ1n) is 6.75. The number of hydrogen-bond donors (Lipinski definition) is 1. The molecule has 0 saturated carbocycles. The van der Waals surface area contributed by atoms with E-state index in [1.54, 1.807) is 12.1 Å².